The van der Waals surface area contributed by atoms with Gasteiger partial charge in [-0.1, -0.05) is 56.1 Å². The molecule has 2 N–H and O–H groups in total. The molecular weight excluding hydrogens is 616 g/mol. The first-order valence-corrected chi connectivity index (χ1v) is 13.5. The lowest BCUT2D eigenvalue weighted by Crippen LogP contribution is -2.30. The maximum Gasteiger partial charge on any atom is 0.300 e. The second-order valence-corrected chi connectivity index (χ2v) is 11.4. The van der Waals surface area contributed by atoms with Crippen LogP contribution in [-0.2, 0) is 24.4 Å². The third kappa shape index (κ3) is 4.99. The summed E-state index contributed by atoms with van der Waals surface area (Å²) in [6.07, 6.45) is 0. The Morgan fingerprint density at radius 3 is 1.94 bits per heavy atom. The van der Waals surface area contributed by atoms with E-state index < -0.39 is 33.7 Å². The van der Waals surface area contributed by atoms with Gasteiger partial charge in [-0.2, -0.15) is 0 Å². The number of rotatable bonds is 5. The molecule has 0 aliphatic carbocycles. The Morgan fingerprint density at radius 2 is 1.42 bits per heavy atom. The maximum absolute atomic E-state index is 13.2. The van der Waals surface area contributed by atoms with Gasteiger partial charge in [0.2, 0.25) is 5.91 Å². The highest BCUT2D eigenvalue weighted by atomic mass is 79.9. The highest BCUT2D eigenvalue weighted by molar-refractivity contribution is 9.10. The van der Waals surface area contributed by atoms with Crippen LogP contribution in [0.25, 0.3) is 5.76 Å². The van der Waals surface area contributed by atoms with Gasteiger partial charge in [-0.25, -0.2) is 13.1 Å². The number of carbonyl (C=O) groups excluding carboxylic acids is 3. The predicted octanol–water partition coefficient (Wildman–Crippen LogP) is 4.66. The zero-order valence-electron chi connectivity index (χ0n) is 18.6. The number of aliphatic hydroxyl groups is 1. The number of Topliss-reactive ketones (excluding diaryl/α,β-unsaturated/α-hetero) is 1. The number of benzene rings is 3. The molecule has 0 radical (unpaired) electrons. The molecule has 1 atom stereocenters. The second kappa shape index (κ2) is 10.00. The summed E-state index contributed by atoms with van der Waals surface area (Å²) < 4.78 is 28.1. The molecule has 3 aromatic carbocycles. The van der Waals surface area contributed by atoms with Crippen LogP contribution in [0.4, 0.5) is 5.69 Å². The Hall–Kier alpha value is -3.28. The van der Waals surface area contributed by atoms with Crippen molar-refractivity contribution < 1.29 is 27.9 Å². The number of aliphatic hydroxyl groups excluding tert-OH is 1. The minimum atomic E-state index is -4.09. The molecule has 0 saturated carbocycles. The van der Waals surface area contributed by atoms with Crippen LogP contribution in [0.1, 0.15) is 24.1 Å². The number of hydrogen-bond acceptors (Lipinski definition) is 6. The topological polar surface area (TPSA) is 121 Å². The van der Waals surface area contributed by atoms with Crippen molar-refractivity contribution in [1.82, 2.24) is 4.72 Å². The number of hydrogen-bond donors (Lipinski definition) is 2. The summed E-state index contributed by atoms with van der Waals surface area (Å²) in [6, 6.07) is 17.8. The van der Waals surface area contributed by atoms with Gasteiger partial charge in [0.25, 0.3) is 21.7 Å². The lowest BCUT2D eigenvalue weighted by Gasteiger charge is -2.25. The quantitative estimate of drug-likeness (QED) is 0.239. The summed E-state index contributed by atoms with van der Waals surface area (Å²) in [6.45, 7) is 1.08. The third-order valence-corrected chi connectivity index (χ3v) is 7.96. The average Bonchev–Trinajstić information content (AvgIpc) is 3.09. The molecule has 1 saturated heterocycles. The fourth-order valence-electron chi connectivity index (χ4n) is 3.86. The van der Waals surface area contributed by atoms with E-state index in [0.29, 0.717) is 11.1 Å². The van der Waals surface area contributed by atoms with Crippen LogP contribution < -0.4 is 9.62 Å². The zero-order valence-corrected chi connectivity index (χ0v) is 22.6. The van der Waals surface area contributed by atoms with Gasteiger partial charge >= 0.3 is 0 Å². The Kier molecular flexibility index (Phi) is 7.17. The number of sulfonamides is 1. The molecule has 1 aliphatic heterocycles. The van der Waals surface area contributed by atoms with Crippen LogP contribution in [0, 0.1) is 0 Å². The fraction of sp³-hybridized carbons (Fsp3) is 0.0800. The number of halogens is 2. The van der Waals surface area contributed by atoms with Crippen LogP contribution in [0.3, 0.4) is 0 Å². The normalized spacial score (nSPS) is 17.3. The van der Waals surface area contributed by atoms with Crippen molar-refractivity contribution in [3.05, 3.63) is 98.4 Å². The van der Waals surface area contributed by atoms with E-state index in [-0.39, 0.29) is 21.9 Å². The third-order valence-electron chi connectivity index (χ3n) is 5.45. The number of nitrogens with zero attached hydrogens (tertiary/aromatic N) is 1. The van der Waals surface area contributed by atoms with Gasteiger partial charge in [0.05, 0.1) is 16.5 Å². The second-order valence-electron chi connectivity index (χ2n) is 7.88. The van der Waals surface area contributed by atoms with Crippen molar-refractivity contribution in [2.75, 3.05) is 4.90 Å². The van der Waals surface area contributed by atoms with E-state index in [4.69, 9.17) is 0 Å². The molecule has 8 nitrogen and oxygen atoms in total. The summed E-state index contributed by atoms with van der Waals surface area (Å²) in [5.74, 6) is -2.83. The molecule has 0 unspecified atom stereocenters. The molecule has 0 aromatic heterocycles. The summed E-state index contributed by atoms with van der Waals surface area (Å²) in [5, 5.41) is 11.1. The molecule has 1 aliphatic rings. The van der Waals surface area contributed by atoms with E-state index in [9.17, 15) is 27.9 Å². The van der Waals surface area contributed by atoms with Gasteiger partial charge in [0.15, 0.2) is 0 Å². The fourth-order valence-corrected chi connectivity index (χ4v) is 5.38. The molecule has 1 heterocycles. The van der Waals surface area contributed by atoms with Crippen molar-refractivity contribution >= 4 is 70.9 Å². The summed E-state index contributed by atoms with van der Waals surface area (Å²) in [7, 11) is -4.09. The monoisotopic (exact) mass is 632 g/mol. The Morgan fingerprint density at radius 1 is 0.889 bits per heavy atom. The predicted molar refractivity (Wildman–Crippen MR) is 141 cm³/mol. The zero-order chi connectivity index (χ0) is 26.2. The molecule has 1 fully saturated rings. The van der Waals surface area contributed by atoms with Gasteiger partial charge in [0, 0.05) is 27.1 Å². The van der Waals surface area contributed by atoms with E-state index in [0.717, 1.165) is 15.9 Å². The maximum atomic E-state index is 13.2. The molecule has 3 aromatic rings. The highest BCUT2D eigenvalue weighted by Crippen LogP contribution is 2.42. The van der Waals surface area contributed by atoms with Gasteiger partial charge in [-0.3, -0.25) is 19.3 Å². The number of nitrogens with one attached hydrogen (secondary N) is 1. The van der Waals surface area contributed by atoms with Gasteiger partial charge in [-0.05, 0) is 54.1 Å². The smallest absolute Gasteiger partial charge is 0.300 e. The van der Waals surface area contributed by atoms with Crippen LogP contribution in [0.15, 0.2) is 92.2 Å². The summed E-state index contributed by atoms with van der Waals surface area (Å²) in [4.78, 5) is 38.7. The molecule has 2 amide bonds. The van der Waals surface area contributed by atoms with Gasteiger partial charge in [0.1, 0.15) is 5.76 Å². The first-order chi connectivity index (χ1) is 17.0. The average molecular weight is 634 g/mol. The first-order valence-electron chi connectivity index (χ1n) is 10.5. The Labute approximate surface area is 223 Å². The molecule has 11 heteroatoms. The van der Waals surface area contributed by atoms with Crippen molar-refractivity contribution in [1.29, 1.82) is 0 Å². The van der Waals surface area contributed by atoms with E-state index in [2.05, 4.69) is 31.9 Å². The SMILES string of the molecule is CC(=O)NS(=O)(=O)c1ccc(N2C(=O)C(=O)C(=C(O)c3ccc(Br)cc3)[C@H]2c2ccc(Br)cc2)cc1. The van der Waals surface area contributed by atoms with Crippen LogP contribution >= 0.6 is 31.9 Å². The van der Waals surface area contributed by atoms with Crippen LogP contribution in [0.5, 0.6) is 0 Å². The largest absolute Gasteiger partial charge is 0.507 e. The lowest BCUT2D eigenvalue weighted by atomic mass is 9.95. The van der Waals surface area contributed by atoms with Crippen LogP contribution in [-0.4, -0.2) is 31.1 Å². The van der Waals surface area contributed by atoms with Crippen molar-refractivity contribution in [2.45, 2.75) is 17.9 Å². The van der Waals surface area contributed by atoms with E-state index >= 15 is 0 Å². The highest BCUT2D eigenvalue weighted by Gasteiger charge is 2.47. The van der Waals surface area contributed by atoms with E-state index in [1.54, 1.807) is 48.5 Å². The van der Waals surface area contributed by atoms with Gasteiger partial charge in [-0.15, -0.1) is 0 Å². The summed E-state index contributed by atoms with van der Waals surface area (Å²) in [5.41, 5.74) is 1.06. The van der Waals surface area contributed by atoms with E-state index in [1.165, 1.54) is 29.2 Å². The summed E-state index contributed by atoms with van der Waals surface area (Å²) >= 11 is 6.70. The molecule has 4 rings (SSSR count). The number of amides is 2. The molecule has 184 valence electrons. The molecule has 0 bridgehead atoms. The molecule has 0 spiro atoms. The molecular formula is C25H18Br2N2O6S. The number of carbonyl (C=O) groups is 3. The first kappa shape index (κ1) is 25.8. The number of ketones is 1. The van der Waals surface area contributed by atoms with Crippen molar-refractivity contribution in [3.8, 4) is 0 Å². The van der Waals surface area contributed by atoms with Crippen LogP contribution in [0.2, 0.25) is 0 Å². The van der Waals surface area contributed by atoms with Crippen molar-refractivity contribution in [3.63, 3.8) is 0 Å². The molecule has 36 heavy (non-hydrogen) atoms. The minimum absolute atomic E-state index is 0.0976. The van der Waals surface area contributed by atoms with Gasteiger partial charge < -0.3 is 5.11 Å². The minimum Gasteiger partial charge on any atom is -0.507 e. The van der Waals surface area contributed by atoms with E-state index in [1.807, 2.05) is 4.72 Å². The lowest BCUT2D eigenvalue weighted by molar-refractivity contribution is -0.132. The van der Waals surface area contributed by atoms with Crippen molar-refractivity contribution in [2.24, 2.45) is 0 Å². The Bertz CT molecular complexity index is 1500. The number of anilines is 1. The standard InChI is InChI=1S/C25H18Br2N2O6S/c1-14(30)28-36(34,35)20-12-10-19(11-13-20)29-22(15-2-6-17(26)7-3-15)21(24(32)25(29)33)23(31)16-4-8-18(27)9-5-16/h2-13,22,31H,1H3,(H,28,30)/t22-/m1/s1. The Balaban J connectivity index is 1.86.